The van der Waals surface area contributed by atoms with E-state index in [-0.39, 0.29) is 47.6 Å². The molecule has 5 nitrogen and oxygen atoms in total. The summed E-state index contributed by atoms with van der Waals surface area (Å²) in [6, 6.07) is 3.45. The zero-order valence-electron chi connectivity index (χ0n) is 20.5. The van der Waals surface area contributed by atoms with Gasteiger partial charge in [0, 0.05) is 24.4 Å². The van der Waals surface area contributed by atoms with Crippen LogP contribution in [0.2, 0.25) is 0 Å². The van der Waals surface area contributed by atoms with Crippen LogP contribution < -0.4 is 5.32 Å². The summed E-state index contributed by atoms with van der Waals surface area (Å²) in [4.78, 5) is 40.1. The van der Waals surface area contributed by atoms with Gasteiger partial charge in [-0.15, -0.1) is 5.73 Å². The molecule has 0 bridgehead atoms. The predicted molar refractivity (Wildman–Crippen MR) is 129 cm³/mol. The summed E-state index contributed by atoms with van der Waals surface area (Å²) < 4.78 is 31.8. The first-order valence-electron chi connectivity index (χ1n) is 12.8. The second-order valence-corrected chi connectivity index (χ2v) is 10.4. The van der Waals surface area contributed by atoms with Crippen LogP contribution >= 0.6 is 0 Å². The number of hydrogen-bond acceptors (Lipinski definition) is 3. The summed E-state index contributed by atoms with van der Waals surface area (Å²) >= 11 is 0. The Labute approximate surface area is 205 Å². The molecule has 2 fully saturated rings. The van der Waals surface area contributed by atoms with E-state index in [1.807, 2.05) is 0 Å². The number of carbonyl (C=O) groups is 3. The minimum absolute atomic E-state index is 0.0223. The quantitative estimate of drug-likeness (QED) is 0.554. The number of amides is 2. The van der Waals surface area contributed by atoms with Gasteiger partial charge in [-0.2, -0.15) is 0 Å². The number of ketones is 1. The molecule has 1 aliphatic heterocycles. The predicted octanol–water partition coefficient (Wildman–Crippen LogP) is 5.00. The van der Waals surface area contributed by atoms with Gasteiger partial charge in [0.05, 0.1) is 23.7 Å². The Bertz CT molecular complexity index is 1070. The Kier molecular flexibility index (Phi) is 7.56. The maximum absolute atomic E-state index is 16.1. The van der Waals surface area contributed by atoms with Crippen LogP contribution in [0.5, 0.6) is 0 Å². The summed E-state index contributed by atoms with van der Waals surface area (Å²) in [5.74, 6) is -2.21. The maximum atomic E-state index is 16.1. The Morgan fingerprint density at radius 2 is 1.86 bits per heavy atom. The molecule has 0 spiro atoms. The molecule has 0 aromatic heterocycles. The average Bonchev–Trinajstić information content (AvgIpc) is 2.81. The fourth-order valence-corrected chi connectivity index (χ4v) is 5.47. The molecule has 1 aromatic rings. The molecular formula is C28H34F2N2O3. The average molecular weight is 485 g/mol. The zero-order valence-corrected chi connectivity index (χ0v) is 20.5. The summed E-state index contributed by atoms with van der Waals surface area (Å²) in [5.41, 5.74) is 0.748. The van der Waals surface area contributed by atoms with Crippen molar-refractivity contribution in [3.05, 3.63) is 52.5 Å². The second-order valence-electron chi connectivity index (χ2n) is 10.4. The van der Waals surface area contributed by atoms with Crippen molar-refractivity contribution in [2.24, 2.45) is 11.8 Å². The molecule has 0 unspecified atom stereocenters. The van der Waals surface area contributed by atoms with Crippen LogP contribution in [0.1, 0.15) is 81.1 Å². The van der Waals surface area contributed by atoms with E-state index in [1.165, 1.54) is 23.1 Å². The number of nitrogens with zero attached hydrogens (tertiary/aromatic N) is 1. The number of hydrogen-bond donors (Lipinski definition) is 1. The largest absolute Gasteiger partial charge is 0.342 e. The number of rotatable bonds is 7. The highest BCUT2D eigenvalue weighted by Crippen LogP contribution is 2.38. The first kappa shape index (κ1) is 25.3. The summed E-state index contributed by atoms with van der Waals surface area (Å²) in [5, 5.41) is 2.79. The molecule has 2 atom stereocenters. The SMILES string of the molecule is CC(C)C(=O)[C@H](NC(=O)c1cccc([C@]2(F)CCCN(C(=O)C3=C=CC3)C2)c1F)C1CCCCC1. The molecule has 4 rings (SSSR count). The van der Waals surface area contributed by atoms with E-state index in [1.54, 1.807) is 19.9 Å². The lowest BCUT2D eigenvalue weighted by Crippen LogP contribution is -2.49. The van der Waals surface area contributed by atoms with E-state index in [2.05, 4.69) is 11.0 Å². The fourth-order valence-electron chi connectivity index (χ4n) is 5.47. The van der Waals surface area contributed by atoms with Crippen LogP contribution in [0, 0.1) is 17.7 Å². The summed E-state index contributed by atoms with van der Waals surface area (Å²) in [6.45, 7) is 3.72. The van der Waals surface area contributed by atoms with Crippen molar-refractivity contribution in [2.45, 2.75) is 76.9 Å². The van der Waals surface area contributed by atoms with Gasteiger partial charge in [-0.1, -0.05) is 45.2 Å². The highest BCUT2D eigenvalue weighted by atomic mass is 19.1. The van der Waals surface area contributed by atoms with Gasteiger partial charge in [0.2, 0.25) is 0 Å². The van der Waals surface area contributed by atoms with Crippen molar-refractivity contribution < 1.29 is 23.2 Å². The molecule has 1 N–H and O–H groups in total. The maximum Gasteiger partial charge on any atom is 0.258 e. The molecule has 35 heavy (non-hydrogen) atoms. The number of benzene rings is 1. The van der Waals surface area contributed by atoms with Gasteiger partial charge in [-0.05, 0) is 43.7 Å². The van der Waals surface area contributed by atoms with Crippen LogP contribution in [0.4, 0.5) is 8.78 Å². The van der Waals surface area contributed by atoms with Crippen LogP contribution in [0.3, 0.4) is 0 Å². The van der Waals surface area contributed by atoms with Crippen molar-refractivity contribution in [3.8, 4) is 0 Å². The first-order valence-corrected chi connectivity index (χ1v) is 12.8. The van der Waals surface area contributed by atoms with E-state index in [9.17, 15) is 14.4 Å². The molecule has 188 valence electrons. The third-order valence-corrected chi connectivity index (χ3v) is 7.58. The molecule has 1 aromatic carbocycles. The van der Waals surface area contributed by atoms with Gasteiger partial charge in [0.25, 0.3) is 11.8 Å². The molecular weight excluding hydrogens is 450 g/mol. The summed E-state index contributed by atoms with van der Waals surface area (Å²) in [7, 11) is 0. The van der Waals surface area contributed by atoms with E-state index in [4.69, 9.17) is 0 Å². The lowest BCUT2D eigenvalue weighted by atomic mass is 9.80. The minimum Gasteiger partial charge on any atom is -0.342 e. The van der Waals surface area contributed by atoms with Gasteiger partial charge in [-0.3, -0.25) is 14.4 Å². The lowest BCUT2D eigenvalue weighted by Gasteiger charge is -2.38. The number of Topliss-reactive ketones (excluding diaryl/α,β-unsaturated/α-hetero) is 1. The molecule has 1 heterocycles. The third kappa shape index (κ3) is 5.25. The number of halogens is 2. The van der Waals surface area contributed by atoms with E-state index in [0.29, 0.717) is 25.0 Å². The van der Waals surface area contributed by atoms with Gasteiger partial charge in [-0.25, -0.2) is 8.78 Å². The number of likely N-dealkylation sites (tertiary alicyclic amines) is 1. The van der Waals surface area contributed by atoms with Gasteiger partial charge in [0.1, 0.15) is 5.82 Å². The molecule has 7 heteroatoms. The normalized spacial score (nSPS) is 23.5. The van der Waals surface area contributed by atoms with Crippen LogP contribution in [-0.4, -0.2) is 41.6 Å². The summed E-state index contributed by atoms with van der Waals surface area (Å²) in [6.07, 6.45) is 7.49. The highest BCUT2D eigenvalue weighted by Gasteiger charge is 2.42. The van der Waals surface area contributed by atoms with Gasteiger partial charge < -0.3 is 10.2 Å². The van der Waals surface area contributed by atoms with Crippen molar-refractivity contribution in [1.29, 1.82) is 0 Å². The van der Waals surface area contributed by atoms with Crippen molar-refractivity contribution in [1.82, 2.24) is 10.2 Å². The Hall–Kier alpha value is -2.79. The molecule has 1 saturated heterocycles. The van der Waals surface area contributed by atoms with E-state index < -0.39 is 23.4 Å². The minimum atomic E-state index is -2.10. The van der Waals surface area contributed by atoms with Crippen LogP contribution in [0.25, 0.3) is 0 Å². The molecule has 0 radical (unpaired) electrons. The molecule has 2 aliphatic carbocycles. The highest BCUT2D eigenvalue weighted by molar-refractivity contribution is 5.99. The van der Waals surface area contributed by atoms with Crippen molar-refractivity contribution in [3.63, 3.8) is 0 Å². The molecule has 3 aliphatic rings. The third-order valence-electron chi connectivity index (χ3n) is 7.58. The number of piperidine rings is 1. The van der Waals surface area contributed by atoms with Crippen molar-refractivity contribution in [2.75, 3.05) is 13.1 Å². The van der Waals surface area contributed by atoms with Crippen molar-refractivity contribution >= 4 is 17.6 Å². The standard InChI is InChI=1S/C28H34F2N2O3/c1-18(2)25(33)24(19-9-4-3-5-10-19)31-26(34)21-13-7-14-22(23(21)29)28(30)15-8-16-32(17-28)27(35)20-11-6-12-20/h6-7,13-14,18-19,24H,3-5,8-11,15-17H2,1-2H3,(H,31,34)/t24-,28+/m1/s1. The van der Waals surface area contributed by atoms with Crippen LogP contribution in [-0.2, 0) is 15.3 Å². The second kappa shape index (κ2) is 10.4. The molecule has 1 saturated carbocycles. The number of carbonyl (C=O) groups excluding carboxylic acids is 3. The molecule has 2 amide bonds. The van der Waals surface area contributed by atoms with E-state index in [0.717, 1.165) is 32.1 Å². The smallest absolute Gasteiger partial charge is 0.258 e. The van der Waals surface area contributed by atoms with E-state index >= 15 is 8.78 Å². The Balaban J connectivity index is 1.56. The fraction of sp³-hybridized carbons (Fsp3) is 0.571. The number of alkyl halides is 1. The van der Waals surface area contributed by atoms with Gasteiger partial charge in [0.15, 0.2) is 11.5 Å². The Morgan fingerprint density at radius 1 is 1.14 bits per heavy atom. The number of nitrogens with one attached hydrogen (secondary N) is 1. The topological polar surface area (TPSA) is 66.5 Å². The van der Waals surface area contributed by atoms with Gasteiger partial charge >= 0.3 is 0 Å². The lowest BCUT2D eigenvalue weighted by molar-refractivity contribution is -0.131. The first-order chi connectivity index (χ1) is 16.7. The van der Waals surface area contributed by atoms with Crippen LogP contribution in [0.15, 0.2) is 35.6 Å². The zero-order chi connectivity index (χ0) is 25.2. The Morgan fingerprint density at radius 3 is 2.49 bits per heavy atom. The monoisotopic (exact) mass is 484 g/mol.